The van der Waals surface area contributed by atoms with Crippen molar-refractivity contribution in [3.8, 4) is 5.75 Å². The molecule has 1 saturated carbocycles. The Labute approximate surface area is 120 Å². The van der Waals surface area contributed by atoms with Crippen LogP contribution in [-0.2, 0) is 4.79 Å². The molecule has 1 aliphatic carbocycles. The van der Waals surface area contributed by atoms with Crippen LogP contribution in [0, 0.1) is 5.41 Å². The highest BCUT2D eigenvalue weighted by atomic mass is 19.4. The number of alkyl halides is 3. The number of carbonyl (C=O) groups is 1. The van der Waals surface area contributed by atoms with E-state index in [2.05, 4.69) is 4.74 Å². The first kappa shape index (κ1) is 14.2. The van der Waals surface area contributed by atoms with Crippen molar-refractivity contribution in [1.29, 1.82) is 0 Å². The normalized spacial score (nSPS) is 24.0. The van der Waals surface area contributed by atoms with Crippen LogP contribution in [0.2, 0.25) is 0 Å². The average Bonchev–Trinajstić information content (AvgIpc) is 2.80. The molecule has 0 radical (unpaired) electrons. The summed E-state index contributed by atoms with van der Waals surface area (Å²) in [6, 6.07) is 6.25. The number of carbonyl (C=O) groups excluding carboxylic acids is 1. The highest BCUT2D eigenvalue weighted by Crippen LogP contribution is 2.51. The quantitative estimate of drug-likeness (QED) is 0.801. The van der Waals surface area contributed by atoms with Crippen LogP contribution >= 0.6 is 0 Å². The molecule has 1 atom stereocenters. The number of likely N-dealkylation sites (tertiary alicyclic amines) is 1. The topological polar surface area (TPSA) is 29.5 Å². The lowest BCUT2D eigenvalue weighted by atomic mass is 9.77. The Hall–Kier alpha value is -1.72. The van der Waals surface area contributed by atoms with Gasteiger partial charge < -0.3 is 9.64 Å². The van der Waals surface area contributed by atoms with Gasteiger partial charge in [0.2, 0.25) is 6.41 Å². The molecule has 2 aliphatic rings. The first-order valence-electron chi connectivity index (χ1n) is 6.94. The van der Waals surface area contributed by atoms with Crippen LogP contribution < -0.4 is 4.74 Å². The van der Waals surface area contributed by atoms with Crippen molar-refractivity contribution < 1.29 is 22.7 Å². The van der Waals surface area contributed by atoms with E-state index >= 15 is 0 Å². The summed E-state index contributed by atoms with van der Waals surface area (Å²) in [4.78, 5) is 12.4. The monoisotopic (exact) mass is 299 g/mol. The molecule has 0 unspecified atom stereocenters. The smallest absolute Gasteiger partial charge is 0.406 e. The lowest BCUT2D eigenvalue weighted by molar-refractivity contribution is -0.274. The summed E-state index contributed by atoms with van der Waals surface area (Å²) in [6.07, 6.45) is -0.911. The fourth-order valence-electron chi connectivity index (χ4n) is 3.63. The third kappa shape index (κ3) is 2.99. The van der Waals surface area contributed by atoms with E-state index in [1.165, 1.54) is 12.1 Å². The summed E-state index contributed by atoms with van der Waals surface area (Å²) in [6.45, 7) is 1.54. The minimum Gasteiger partial charge on any atom is -0.406 e. The Morgan fingerprint density at radius 2 is 2.10 bits per heavy atom. The molecule has 1 aromatic rings. The number of hydrogen-bond acceptors (Lipinski definition) is 2. The maximum atomic E-state index is 12.3. The summed E-state index contributed by atoms with van der Waals surface area (Å²) < 4.78 is 40.7. The first-order valence-corrected chi connectivity index (χ1v) is 6.94. The first-order chi connectivity index (χ1) is 9.89. The van der Waals surface area contributed by atoms with E-state index in [4.69, 9.17) is 0 Å². The van der Waals surface area contributed by atoms with E-state index in [1.807, 2.05) is 6.07 Å². The Balaban J connectivity index is 1.68. The van der Waals surface area contributed by atoms with Crippen LogP contribution in [0.1, 0.15) is 30.7 Å². The minimum absolute atomic E-state index is 0.163. The number of amides is 1. The molecule has 0 aromatic heterocycles. The minimum atomic E-state index is -4.66. The molecule has 1 aliphatic heterocycles. The van der Waals surface area contributed by atoms with Gasteiger partial charge >= 0.3 is 6.36 Å². The van der Waals surface area contributed by atoms with E-state index < -0.39 is 6.36 Å². The second-order valence-corrected chi connectivity index (χ2v) is 6.07. The molecule has 21 heavy (non-hydrogen) atoms. The number of halogens is 3. The van der Waals surface area contributed by atoms with Gasteiger partial charge in [-0.25, -0.2) is 0 Å². The van der Waals surface area contributed by atoms with Crippen LogP contribution in [0.4, 0.5) is 13.2 Å². The number of benzene rings is 1. The molecule has 6 heteroatoms. The zero-order valence-electron chi connectivity index (χ0n) is 11.4. The number of rotatable bonds is 3. The predicted molar refractivity (Wildman–Crippen MR) is 69.8 cm³/mol. The second kappa shape index (κ2) is 4.93. The van der Waals surface area contributed by atoms with Gasteiger partial charge in [-0.1, -0.05) is 12.1 Å². The molecular weight excluding hydrogens is 283 g/mol. The van der Waals surface area contributed by atoms with Crippen molar-refractivity contribution in [3.63, 3.8) is 0 Å². The summed E-state index contributed by atoms with van der Waals surface area (Å²) in [5, 5.41) is 0. The maximum absolute atomic E-state index is 12.3. The van der Waals surface area contributed by atoms with Crippen molar-refractivity contribution >= 4 is 6.41 Å². The molecular formula is C15H16F3NO2. The van der Waals surface area contributed by atoms with Gasteiger partial charge in [0.25, 0.3) is 0 Å². The van der Waals surface area contributed by atoms with E-state index in [1.54, 1.807) is 11.0 Å². The van der Waals surface area contributed by atoms with Crippen LogP contribution in [-0.4, -0.2) is 30.8 Å². The Morgan fingerprint density at radius 1 is 1.33 bits per heavy atom. The fourth-order valence-corrected chi connectivity index (χ4v) is 3.63. The summed E-state index contributed by atoms with van der Waals surface area (Å²) in [5.41, 5.74) is 1.06. The average molecular weight is 299 g/mol. The van der Waals surface area contributed by atoms with Gasteiger partial charge in [0.15, 0.2) is 0 Å². The molecule has 1 heterocycles. The third-order valence-electron chi connectivity index (χ3n) is 4.49. The Bertz CT molecular complexity index is 538. The molecule has 0 N–H and O–H groups in total. The van der Waals surface area contributed by atoms with Crippen molar-refractivity contribution in [1.82, 2.24) is 4.90 Å². The van der Waals surface area contributed by atoms with Gasteiger partial charge in [0.05, 0.1) is 0 Å². The molecule has 1 spiro atoms. The van der Waals surface area contributed by atoms with E-state index in [9.17, 15) is 18.0 Å². The van der Waals surface area contributed by atoms with Gasteiger partial charge in [-0.2, -0.15) is 0 Å². The zero-order valence-corrected chi connectivity index (χ0v) is 11.4. The summed E-state index contributed by atoms with van der Waals surface area (Å²) in [5.74, 6) is 0.0830. The molecule has 0 bridgehead atoms. The lowest BCUT2D eigenvalue weighted by Crippen LogP contribution is -2.54. The number of ether oxygens (including phenoxy) is 1. The highest BCUT2D eigenvalue weighted by molar-refractivity contribution is 5.49. The summed E-state index contributed by atoms with van der Waals surface area (Å²) in [7, 11) is 0. The van der Waals surface area contributed by atoms with Gasteiger partial charge in [-0.15, -0.1) is 13.2 Å². The Kier molecular flexibility index (Phi) is 3.34. The fraction of sp³-hybridized carbons (Fsp3) is 0.533. The zero-order chi connectivity index (χ0) is 15.1. The molecule has 1 amide bonds. The van der Waals surface area contributed by atoms with E-state index in [0.717, 1.165) is 44.3 Å². The van der Waals surface area contributed by atoms with Gasteiger partial charge in [-0.05, 0) is 42.9 Å². The van der Waals surface area contributed by atoms with Crippen molar-refractivity contribution in [3.05, 3.63) is 29.8 Å². The third-order valence-corrected chi connectivity index (χ3v) is 4.49. The molecule has 1 aromatic carbocycles. The van der Waals surface area contributed by atoms with Crippen molar-refractivity contribution in [2.75, 3.05) is 13.1 Å². The van der Waals surface area contributed by atoms with Crippen molar-refractivity contribution in [2.24, 2.45) is 5.41 Å². The molecule has 114 valence electrons. The van der Waals surface area contributed by atoms with Gasteiger partial charge in [0, 0.05) is 18.5 Å². The van der Waals surface area contributed by atoms with E-state index in [0.29, 0.717) is 0 Å². The highest BCUT2D eigenvalue weighted by Gasteiger charge is 2.47. The maximum Gasteiger partial charge on any atom is 0.573 e. The van der Waals surface area contributed by atoms with E-state index in [-0.39, 0.29) is 17.1 Å². The van der Waals surface area contributed by atoms with Crippen LogP contribution in [0.15, 0.2) is 24.3 Å². The summed E-state index contributed by atoms with van der Waals surface area (Å²) >= 11 is 0. The second-order valence-electron chi connectivity index (χ2n) is 6.07. The molecule has 2 fully saturated rings. The predicted octanol–water partition coefficient (Wildman–Crippen LogP) is 3.31. The lowest BCUT2D eigenvalue weighted by Gasteiger charge is -2.46. The van der Waals surface area contributed by atoms with Crippen LogP contribution in [0.25, 0.3) is 0 Å². The van der Waals surface area contributed by atoms with Gasteiger partial charge in [-0.3, -0.25) is 4.79 Å². The number of hydrogen-bond donors (Lipinski definition) is 0. The molecule has 1 saturated heterocycles. The van der Waals surface area contributed by atoms with Gasteiger partial charge in [0.1, 0.15) is 5.75 Å². The van der Waals surface area contributed by atoms with Crippen LogP contribution in [0.5, 0.6) is 5.75 Å². The SMILES string of the molecule is O=CN1CC2(CC[C@H](c3cccc(OC(F)(F)F)c3)C2)C1. The van der Waals surface area contributed by atoms with Crippen LogP contribution in [0.3, 0.4) is 0 Å². The standard InChI is InChI=1S/C15H16F3NO2/c16-15(17,18)21-13-3-1-2-11(6-13)12-4-5-14(7-12)8-19(9-14)10-20/h1-3,6,10,12H,4-5,7-9H2/t12-/m0/s1. The number of nitrogens with zero attached hydrogens (tertiary/aromatic N) is 1. The molecule has 3 rings (SSSR count). The molecule has 3 nitrogen and oxygen atoms in total. The largest absolute Gasteiger partial charge is 0.573 e. The Morgan fingerprint density at radius 3 is 2.76 bits per heavy atom. The van der Waals surface area contributed by atoms with Crippen molar-refractivity contribution in [2.45, 2.75) is 31.5 Å².